The van der Waals surface area contributed by atoms with Crippen LogP contribution in [0.5, 0.6) is 0 Å². The van der Waals surface area contributed by atoms with Gasteiger partial charge in [-0.1, -0.05) is 30.3 Å². The largest absolute Gasteiger partial charge is 0.445 e. The van der Waals surface area contributed by atoms with E-state index >= 15 is 0 Å². The van der Waals surface area contributed by atoms with E-state index in [2.05, 4.69) is 10.6 Å². The highest BCUT2D eigenvalue weighted by atomic mass is 16.6. The van der Waals surface area contributed by atoms with Crippen LogP contribution in [0.3, 0.4) is 0 Å². The third-order valence-electron chi connectivity index (χ3n) is 3.47. The average Bonchev–Trinajstić information content (AvgIpc) is 2.58. The number of benzene rings is 1. The van der Waals surface area contributed by atoms with Crippen LogP contribution in [0.25, 0.3) is 0 Å². The Morgan fingerprint density at radius 3 is 2.42 bits per heavy atom. The molecule has 4 N–H and O–H groups in total. The normalized spacial score (nSPS) is 12.2. The molecule has 0 aliphatic heterocycles. The van der Waals surface area contributed by atoms with Crippen LogP contribution in [-0.2, 0) is 16.1 Å². The number of carbonyl (C=O) groups excluding carboxylic acids is 2. The minimum atomic E-state index is -0.501. The Labute approximate surface area is 155 Å². The number of carbonyl (C=O) groups is 2. The monoisotopic (exact) mass is 365 g/mol. The van der Waals surface area contributed by atoms with Gasteiger partial charge in [0.1, 0.15) is 12.2 Å². The van der Waals surface area contributed by atoms with Gasteiger partial charge in [0.2, 0.25) is 0 Å². The van der Waals surface area contributed by atoms with Crippen molar-refractivity contribution in [1.82, 2.24) is 10.6 Å². The molecule has 7 heteroatoms. The van der Waals surface area contributed by atoms with Gasteiger partial charge in [0.15, 0.2) is 0 Å². The Hall–Kier alpha value is -2.28. The van der Waals surface area contributed by atoms with E-state index in [0.717, 1.165) is 18.4 Å². The van der Waals surface area contributed by atoms with Gasteiger partial charge in [0.05, 0.1) is 0 Å². The molecular weight excluding hydrogens is 334 g/mol. The van der Waals surface area contributed by atoms with Crippen molar-refractivity contribution in [3.05, 3.63) is 35.9 Å². The Morgan fingerprint density at radius 2 is 1.81 bits per heavy atom. The molecule has 0 saturated carbocycles. The van der Waals surface area contributed by atoms with Crippen LogP contribution < -0.4 is 16.4 Å². The number of ether oxygens (including phenoxy) is 2. The molecule has 1 aromatic carbocycles. The summed E-state index contributed by atoms with van der Waals surface area (Å²) in [5.41, 5.74) is 6.13. The highest BCUT2D eigenvalue weighted by Crippen LogP contribution is 2.07. The summed E-state index contributed by atoms with van der Waals surface area (Å²) >= 11 is 0. The first-order valence-electron chi connectivity index (χ1n) is 8.94. The van der Waals surface area contributed by atoms with E-state index in [1.165, 1.54) is 0 Å². The summed E-state index contributed by atoms with van der Waals surface area (Å²) in [7, 11) is 0. The molecule has 0 aromatic heterocycles. The maximum atomic E-state index is 11.8. The smallest absolute Gasteiger partial charge is 0.407 e. The standard InChI is InChI=1S/C19H31N3O4/c1-19(2,3)26-17(23)21-12-8-7-11-16(13-20)22-18(24)25-14-15-9-5-4-6-10-15/h4-6,9-10,16H,7-8,11-14,20H2,1-3H3,(H,21,23)(H,22,24)/t16-/m0/s1. The third kappa shape index (κ3) is 10.6. The number of hydrogen-bond acceptors (Lipinski definition) is 5. The highest BCUT2D eigenvalue weighted by molar-refractivity contribution is 5.68. The van der Waals surface area contributed by atoms with Gasteiger partial charge in [0.25, 0.3) is 0 Å². The van der Waals surface area contributed by atoms with E-state index in [0.29, 0.717) is 19.5 Å². The molecule has 0 fully saturated rings. The fraction of sp³-hybridized carbons (Fsp3) is 0.579. The fourth-order valence-electron chi connectivity index (χ4n) is 2.20. The van der Waals surface area contributed by atoms with Crippen molar-refractivity contribution in [2.24, 2.45) is 5.73 Å². The van der Waals surface area contributed by atoms with Gasteiger partial charge in [-0.15, -0.1) is 0 Å². The first kappa shape index (κ1) is 21.8. The molecule has 0 unspecified atom stereocenters. The molecule has 0 heterocycles. The lowest BCUT2D eigenvalue weighted by molar-refractivity contribution is 0.0527. The van der Waals surface area contributed by atoms with Gasteiger partial charge in [0, 0.05) is 19.1 Å². The Kier molecular flexibility index (Phi) is 9.51. The van der Waals surface area contributed by atoms with Crippen LogP contribution in [0, 0.1) is 0 Å². The quantitative estimate of drug-likeness (QED) is 0.584. The maximum absolute atomic E-state index is 11.8. The molecule has 1 aromatic rings. The first-order valence-corrected chi connectivity index (χ1v) is 8.94. The van der Waals surface area contributed by atoms with Crippen molar-refractivity contribution in [2.75, 3.05) is 13.1 Å². The number of rotatable bonds is 9. The Morgan fingerprint density at radius 1 is 1.12 bits per heavy atom. The first-order chi connectivity index (χ1) is 12.3. The predicted octanol–water partition coefficient (Wildman–Crippen LogP) is 2.94. The summed E-state index contributed by atoms with van der Waals surface area (Å²) < 4.78 is 10.3. The second-order valence-electron chi connectivity index (χ2n) is 7.06. The minimum Gasteiger partial charge on any atom is -0.445 e. The van der Waals surface area contributed by atoms with Crippen molar-refractivity contribution in [2.45, 2.75) is 58.3 Å². The van der Waals surface area contributed by atoms with Gasteiger partial charge in [-0.2, -0.15) is 0 Å². The van der Waals surface area contributed by atoms with Gasteiger partial charge >= 0.3 is 12.2 Å². The fourth-order valence-corrected chi connectivity index (χ4v) is 2.20. The summed E-state index contributed by atoms with van der Waals surface area (Å²) in [6, 6.07) is 9.33. The van der Waals surface area contributed by atoms with Crippen molar-refractivity contribution >= 4 is 12.2 Å². The van der Waals surface area contributed by atoms with Crippen molar-refractivity contribution in [3.8, 4) is 0 Å². The molecular formula is C19H31N3O4. The van der Waals surface area contributed by atoms with Gasteiger partial charge in [-0.25, -0.2) is 9.59 Å². The van der Waals surface area contributed by atoms with E-state index in [4.69, 9.17) is 15.2 Å². The molecule has 1 atom stereocenters. The van der Waals surface area contributed by atoms with Crippen LogP contribution in [0.4, 0.5) is 9.59 Å². The van der Waals surface area contributed by atoms with Crippen molar-refractivity contribution in [3.63, 3.8) is 0 Å². The van der Waals surface area contributed by atoms with Crippen LogP contribution in [0.1, 0.15) is 45.6 Å². The predicted molar refractivity (Wildman–Crippen MR) is 101 cm³/mol. The van der Waals surface area contributed by atoms with Gasteiger partial charge < -0.3 is 25.8 Å². The van der Waals surface area contributed by atoms with E-state index < -0.39 is 17.8 Å². The van der Waals surface area contributed by atoms with Gasteiger partial charge in [-0.05, 0) is 45.6 Å². The summed E-state index contributed by atoms with van der Waals surface area (Å²) in [6.07, 6.45) is 1.41. The third-order valence-corrected chi connectivity index (χ3v) is 3.47. The van der Waals surface area contributed by atoms with Crippen molar-refractivity contribution < 1.29 is 19.1 Å². The van der Waals surface area contributed by atoms with E-state index in [-0.39, 0.29) is 12.6 Å². The highest BCUT2D eigenvalue weighted by Gasteiger charge is 2.15. The molecule has 0 spiro atoms. The minimum absolute atomic E-state index is 0.153. The topological polar surface area (TPSA) is 103 Å². The summed E-state index contributed by atoms with van der Waals surface area (Å²) in [6.45, 7) is 6.54. The zero-order valence-electron chi connectivity index (χ0n) is 15.9. The molecule has 0 aliphatic rings. The van der Waals surface area contributed by atoms with Crippen LogP contribution in [0.15, 0.2) is 30.3 Å². The molecule has 2 amide bonds. The summed E-state index contributed by atoms with van der Waals surface area (Å²) in [4.78, 5) is 23.4. The number of amides is 2. The SMILES string of the molecule is CC(C)(C)OC(=O)NCCCC[C@@H](CN)NC(=O)OCc1ccccc1. The molecule has 26 heavy (non-hydrogen) atoms. The summed E-state index contributed by atoms with van der Waals surface area (Å²) in [5, 5.41) is 5.48. The lowest BCUT2D eigenvalue weighted by atomic mass is 10.1. The number of nitrogens with one attached hydrogen (secondary N) is 2. The average molecular weight is 365 g/mol. The Balaban J connectivity index is 2.16. The number of hydrogen-bond donors (Lipinski definition) is 3. The molecule has 0 aliphatic carbocycles. The van der Waals surface area contributed by atoms with Crippen LogP contribution in [-0.4, -0.2) is 36.9 Å². The number of nitrogens with two attached hydrogens (primary N) is 1. The molecule has 146 valence electrons. The zero-order valence-corrected chi connectivity index (χ0v) is 15.9. The summed E-state index contributed by atoms with van der Waals surface area (Å²) in [5.74, 6) is 0. The zero-order chi connectivity index (χ0) is 19.4. The molecule has 0 bridgehead atoms. The maximum Gasteiger partial charge on any atom is 0.407 e. The lowest BCUT2D eigenvalue weighted by Gasteiger charge is -2.20. The van der Waals surface area contributed by atoms with E-state index in [1.54, 1.807) is 0 Å². The van der Waals surface area contributed by atoms with Crippen LogP contribution >= 0.6 is 0 Å². The second-order valence-corrected chi connectivity index (χ2v) is 7.06. The van der Waals surface area contributed by atoms with Crippen molar-refractivity contribution in [1.29, 1.82) is 0 Å². The molecule has 0 radical (unpaired) electrons. The molecule has 1 rings (SSSR count). The number of alkyl carbamates (subject to hydrolysis) is 2. The van der Waals surface area contributed by atoms with E-state index in [1.807, 2.05) is 51.1 Å². The van der Waals surface area contributed by atoms with Crippen LogP contribution in [0.2, 0.25) is 0 Å². The lowest BCUT2D eigenvalue weighted by Crippen LogP contribution is -2.40. The van der Waals surface area contributed by atoms with Gasteiger partial charge in [-0.3, -0.25) is 0 Å². The second kappa shape index (κ2) is 11.4. The van der Waals surface area contributed by atoms with E-state index in [9.17, 15) is 9.59 Å². The number of unbranched alkanes of at least 4 members (excludes halogenated alkanes) is 1. The Bertz CT molecular complexity index is 543. The molecule has 0 saturated heterocycles. The molecule has 7 nitrogen and oxygen atoms in total.